The SMILES string of the molecule is C/C(=C\c1ccc2c(c1)N(S(=O)(=O)c1ccc(F)c(Cl)c1)C[C@H](CCC(=O)O)O2)c1c(F)cccc1Cl. The largest absolute Gasteiger partial charge is 0.486 e. The van der Waals surface area contributed by atoms with Crippen LogP contribution in [0.5, 0.6) is 5.75 Å². The minimum absolute atomic E-state index is 0.0670. The van der Waals surface area contributed by atoms with Crippen molar-refractivity contribution in [1.29, 1.82) is 0 Å². The lowest BCUT2D eigenvalue weighted by atomic mass is 10.0. The number of carboxylic acid groups (broad SMARTS) is 1. The quantitative estimate of drug-likeness (QED) is 0.323. The van der Waals surface area contributed by atoms with Crippen molar-refractivity contribution in [2.75, 3.05) is 10.8 Å². The van der Waals surface area contributed by atoms with Crippen LogP contribution < -0.4 is 9.04 Å². The van der Waals surface area contributed by atoms with E-state index in [1.54, 1.807) is 37.3 Å². The van der Waals surface area contributed by atoms with Gasteiger partial charge in [0, 0.05) is 12.0 Å². The average Bonchev–Trinajstić information content (AvgIpc) is 2.83. The van der Waals surface area contributed by atoms with Crippen molar-refractivity contribution in [3.05, 3.63) is 87.4 Å². The Morgan fingerprint density at radius 2 is 1.86 bits per heavy atom. The fourth-order valence-electron chi connectivity index (χ4n) is 4.04. The molecular weight excluding hydrogens is 547 g/mol. The van der Waals surface area contributed by atoms with Gasteiger partial charge in [0.25, 0.3) is 10.0 Å². The summed E-state index contributed by atoms with van der Waals surface area (Å²) in [7, 11) is -4.24. The molecule has 0 amide bonds. The van der Waals surface area contributed by atoms with Crippen LogP contribution in [-0.4, -0.2) is 32.1 Å². The molecule has 4 rings (SSSR count). The van der Waals surface area contributed by atoms with Gasteiger partial charge in [-0.15, -0.1) is 0 Å². The summed E-state index contributed by atoms with van der Waals surface area (Å²) in [5.41, 5.74) is 1.46. The molecule has 3 aromatic rings. The molecule has 1 N–H and O–H groups in total. The lowest BCUT2D eigenvalue weighted by molar-refractivity contribution is -0.137. The van der Waals surface area contributed by atoms with Gasteiger partial charge in [-0.1, -0.05) is 41.4 Å². The maximum atomic E-state index is 14.4. The zero-order valence-corrected chi connectivity index (χ0v) is 21.7. The first-order valence-electron chi connectivity index (χ1n) is 11.1. The van der Waals surface area contributed by atoms with E-state index in [1.165, 1.54) is 12.1 Å². The van der Waals surface area contributed by atoms with Gasteiger partial charge in [-0.25, -0.2) is 17.2 Å². The smallest absolute Gasteiger partial charge is 0.303 e. The fraction of sp³-hybridized carbons (Fsp3) is 0.192. The molecule has 0 radical (unpaired) electrons. The summed E-state index contributed by atoms with van der Waals surface area (Å²) >= 11 is 12.0. The summed E-state index contributed by atoms with van der Waals surface area (Å²) in [5, 5.41) is 8.95. The molecule has 1 heterocycles. The lowest BCUT2D eigenvalue weighted by Gasteiger charge is -2.35. The van der Waals surface area contributed by atoms with Crippen LogP contribution in [0.25, 0.3) is 11.6 Å². The van der Waals surface area contributed by atoms with Gasteiger partial charge >= 0.3 is 5.97 Å². The first-order chi connectivity index (χ1) is 17.5. The second-order valence-electron chi connectivity index (χ2n) is 8.44. The van der Waals surface area contributed by atoms with E-state index in [-0.39, 0.29) is 51.3 Å². The number of sulfonamides is 1. The van der Waals surface area contributed by atoms with Crippen molar-refractivity contribution in [3.63, 3.8) is 0 Å². The van der Waals surface area contributed by atoms with E-state index in [4.69, 9.17) is 33.0 Å². The standard InChI is InChI=1S/C26H21Cl2F2NO5S/c1-15(26-19(27)3-2-4-22(26)30)11-16-5-9-24-23(12-16)31(14-17(36-24)6-10-25(32)33)37(34,35)18-7-8-21(29)20(28)13-18/h2-5,7-9,11-13,17H,6,10,14H2,1H3,(H,32,33)/b15-11+/t17-/m0/s1. The third-order valence-electron chi connectivity index (χ3n) is 5.81. The second kappa shape index (κ2) is 10.7. The molecule has 11 heteroatoms. The molecule has 0 spiro atoms. The first kappa shape index (κ1) is 26.9. The van der Waals surface area contributed by atoms with E-state index < -0.39 is 33.7 Å². The van der Waals surface area contributed by atoms with Crippen LogP contribution in [0.15, 0.2) is 59.5 Å². The Labute approximate surface area is 222 Å². The number of hydrogen-bond acceptors (Lipinski definition) is 4. The molecule has 1 atom stereocenters. The van der Waals surface area contributed by atoms with Gasteiger partial charge in [0.05, 0.1) is 27.2 Å². The molecule has 0 saturated carbocycles. The Balaban J connectivity index is 1.79. The van der Waals surface area contributed by atoms with E-state index in [2.05, 4.69) is 0 Å². The van der Waals surface area contributed by atoms with E-state index in [1.807, 2.05) is 0 Å². The number of carboxylic acids is 1. The van der Waals surface area contributed by atoms with Gasteiger partial charge in [-0.05, 0) is 66.9 Å². The predicted molar refractivity (Wildman–Crippen MR) is 139 cm³/mol. The zero-order valence-electron chi connectivity index (χ0n) is 19.4. The third-order valence-corrected chi connectivity index (χ3v) is 8.19. The van der Waals surface area contributed by atoms with E-state index in [9.17, 15) is 22.0 Å². The summed E-state index contributed by atoms with van der Waals surface area (Å²) in [6.07, 6.45) is 0.757. The molecular formula is C26H21Cl2F2NO5S. The molecule has 0 saturated heterocycles. The number of fused-ring (bicyclic) bond motifs is 1. The number of aliphatic carboxylic acids is 1. The summed E-state index contributed by atoms with van der Waals surface area (Å²) in [6.45, 7) is 1.50. The Hall–Kier alpha value is -3.14. The van der Waals surface area contributed by atoms with Crippen LogP contribution in [-0.2, 0) is 14.8 Å². The molecule has 194 valence electrons. The number of halogens is 4. The normalized spacial score (nSPS) is 15.8. The van der Waals surface area contributed by atoms with Crippen LogP contribution >= 0.6 is 23.2 Å². The van der Waals surface area contributed by atoms with Gasteiger partial charge < -0.3 is 9.84 Å². The lowest BCUT2D eigenvalue weighted by Crippen LogP contribution is -2.43. The predicted octanol–water partition coefficient (Wildman–Crippen LogP) is 6.65. The molecule has 1 aliphatic rings. The molecule has 0 fully saturated rings. The van der Waals surface area contributed by atoms with Crippen LogP contribution in [0, 0.1) is 11.6 Å². The molecule has 1 aliphatic heterocycles. The zero-order chi connectivity index (χ0) is 26.9. The Bertz CT molecular complexity index is 1490. The summed E-state index contributed by atoms with van der Waals surface area (Å²) in [4.78, 5) is 10.9. The molecule has 0 bridgehead atoms. The van der Waals surface area contributed by atoms with E-state index in [0.717, 1.165) is 22.5 Å². The minimum Gasteiger partial charge on any atom is -0.486 e. The molecule has 37 heavy (non-hydrogen) atoms. The number of nitrogens with zero attached hydrogens (tertiary/aromatic N) is 1. The van der Waals surface area contributed by atoms with Gasteiger partial charge in [0.1, 0.15) is 23.5 Å². The van der Waals surface area contributed by atoms with Gasteiger partial charge in [0.15, 0.2) is 0 Å². The maximum absolute atomic E-state index is 14.4. The van der Waals surface area contributed by atoms with Crippen molar-refractivity contribution in [2.24, 2.45) is 0 Å². The topological polar surface area (TPSA) is 83.9 Å². The molecule has 0 unspecified atom stereocenters. The van der Waals surface area contributed by atoms with Gasteiger partial charge in [0.2, 0.25) is 0 Å². The second-order valence-corrected chi connectivity index (χ2v) is 11.1. The molecule has 0 aliphatic carbocycles. The fourth-order valence-corrected chi connectivity index (χ4v) is 6.13. The van der Waals surface area contributed by atoms with Gasteiger partial charge in [-0.3, -0.25) is 9.10 Å². The number of benzene rings is 3. The van der Waals surface area contributed by atoms with Crippen LogP contribution in [0.1, 0.15) is 30.9 Å². The molecule has 3 aromatic carbocycles. The summed E-state index contributed by atoms with van der Waals surface area (Å²) < 4.78 is 62.4. The Morgan fingerprint density at radius 3 is 2.54 bits per heavy atom. The Morgan fingerprint density at radius 1 is 1.11 bits per heavy atom. The van der Waals surface area contributed by atoms with Crippen molar-refractivity contribution >= 4 is 56.5 Å². The summed E-state index contributed by atoms with van der Waals surface area (Å²) in [6, 6.07) is 12.2. The number of carbonyl (C=O) groups is 1. The number of ether oxygens (including phenoxy) is 1. The monoisotopic (exact) mass is 567 g/mol. The van der Waals surface area contributed by atoms with Gasteiger partial charge in [-0.2, -0.15) is 0 Å². The number of anilines is 1. The third kappa shape index (κ3) is 5.74. The highest BCUT2D eigenvalue weighted by Crippen LogP contribution is 2.40. The van der Waals surface area contributed by atoms with Crippen LogP contribution in [0.2, 0.25) is 10.0 Å². The van der Waals surface area contributed by atoms with E-state index >= 15 is 0 Å². The molecule has 6 nitrogen and oxygen atoms in total. The van der Waals surface area contributed by atoms with Crippen molar-refractivity contribution in [2.45, 2.75) is 30.8 Å². The highest BCUT2D eigenvalue weighted by Gasteiger charge is 2.35. The van der Waals surface area contributed by atoms with Crippen LogP contribution in [0.3, 0.4) is 0 Å². The first-order valence-corrected chi connectivity index (χ1v) is 13.3. The highest BCUT2D eigenvalue weighted by molar-refractivity contribution is 7.92. The average molecular weight is 568 g/mol. The number of rotatable bonds is 7. The molecule has 0 aromatic heterocycles. The van der Waals surface area contributed by atoms with Crippen LogP contribution in [0.4, 0.5) is 14.5 Å². The highest BCUT2D eigenvalue weighted by atomic mass is 35.5. The summed E-state index contributed by atoms with van der Waals surface area (Å²) in [5.74, 6) is -2.09. The number of hydrogen-bond donors (Lipinski definition) is 1. The Kier molecular flexibility index (Phi) is 7.77. The maximum Gasteiger partial charge on any atom is 0.303 e. The van der Waals surface area contributed by atoms with Crippen molar-refractivity contribution < 1.29 is 31.8 Å². The minimum atomic E-state index is -4.24. The number of allylic oxidation sites excluding steroid dienone is 1. The van der Waals surface area contributed by atoms with Crippen molar-refractivity contribution in [3.8, 4) is 5.75 Å². The van der Waals surface area contributed by atoms with Crippen molar-refractivity contribution in [1.82, 2.24) is 0 Å². The van der Waals surface area contributed by atoms with E-state index in [0.29, 0.717) is 11.1 Å².